The minimum absolute atomic E-state index is 0.0588. The topological polar surface area (TPSA) is 81.3 Å². The van der Waals surface area contributed by atoms with Gasteiger partial charge in [-0.2, -0.15) is 5.10 Å². The highest BCUT2D eigenvalue weighted by Gasteiger charge is 2.26. The Bertz CT molecular complexity index is 1050. The Morgan fingerprint density at radius 3 is 2.67 bits per heavy atom. The molecule has 2 aliphatic rings. The van der Waals surface area contributed by atoms with Crippen LogP contribution in [0.25, 0.3) is 5.57 Å². The summed E-state index contributed by atoms with van der Waals surface area (Å²) >= 11 is 0. The van der Waals surface area contributed by atoms with Crippen LogP contribution < -0.4 is 5.32 Å². The maximum atomic E-state index is 12.7. The van der Waals surface area contributed by atoms with Crippen molar-refractivity contribution < 1.29 is 9.59 Å². The number of benzene rings is 1. The van der Waals surface area contributed by atoms with Gasteiger partial charge in [-0.25, -0.2) is 0 Å². The Morgan fingerprint density at radius 2 is 2.03 bits per heavy atom. The number of nitrogens with zero attached hydrogens (tertiary/aromatic N) is 3. The lowest BCUT2D eigenvalue weighted by atomic mass is 9.94. The van der Waals surface area contributed by atoms with Gasteiger partial charge in [0, 0.05) is 43.4 Å². The van der Waals surface area contributed by atoms with Crippen molar-refractivity contribution in [3.8, 4) is 0 Å². The molecule has 1 saturated carbocycles. The van der Waals surface area contributed by atoms with Gasteiger partial charge in [0.2, 0.25) is 11.8 Å². The second-order valence-corrected chi connectivity index (χ2v) is 9.24. The van der Waals surface area contributed by atoms with Crippen molar-refractivity contribution in [3.05, 3.63) is 65.4 Å². The fourth-order valence-electron chi connectivity index (χ4n) is 3.98. The van der Waals surface area contributed by atoms with Crippen molar-refractivity contribution in [2.45, 2.75) is 38.0 Å². The summed E-state index contributed by atoms with van der Waals surface area (Å²) in [6, 6.07) is 10.1. The van der Waals surface area contributed by atoms with Crippen molar-refractivity contribution in [1.82, 2.24) is 20.0 Å². The highest BCUT2D eigenvalue weighted by atomic mass is 16.2. The zero-order valence-electron chi connectivity index (χ0n) is 19.7. The van der Waals surface area contributed by atoms with Crippen LogP contribution in [0, 0.1) is 0 Å². The van der Waals surface area contributed by atoms with Crippen LogP contribution in [0.3, 0.4) is 0 Å². The molecule has 2 aromatic rings. The lowest BCUT2D eigenvalue weighted by Crippen LogP contribution is -2.33. The van der Waals surface area contributed by atoms with Crippen LogP contribution in [-0.4, -0.2) is 65.5 Å². The molecule has 2 amide bonds. The van der Waals surface area contributed by atoms with Gasteiger partial charge in [0.25, 0.3) is 0 Å². The first-order valence-corrected chi connectivity index (χ1v) is 11.7. The molecule has 174 valence electrons. The van der Waals surface area contributed by atoms with Crippen molar-refractivity contribution in [1.29, 1.82) is 0 Å². The number of aromatic amines is 1. The van der Waals surface area contributed by atoms with Gasteiger partial charge in [0.1, 0.15) is 0 Å². The standard InChI is InChI=1S/C26H33N5O2/c1-18(26(33)27-24-17-23(28-29-24)22-10-11-22)19-6-8-20(9-7-19)21-12-15-31(16-13-21)25(32)5-4-14-30(2)3/h4-9,12,17-18,22H,10-11,13-16H2,1-3H3,(H2,27,28,29,33)/b5-4+. The summed E-state index contributed by atoms with van der Waals surface area (Å²) in [5.41, 5.74) is 4.45. The minimum atomic E-state index is -0.275. The molecule has 0 radical (unpaired) electrons. The number of aromatic nitrogens is 2. The van der Waals surface area contributed by atoms with Gasteiger partial charge in [-0.05, 0) is 57.0 Å². The normalized spacial score (nSPS) is 17.3. The van der Waals surface area contributed by atoms with Crippen LogP contribution in [0.2, 0.25) is 0 Å². The largest absolute Gasteiger partial charge is 0.335 e. The zero-order valence-corrected chi connectivity index (χ0v) is 19.7. The molecule has 1 unspecified atom stereocenters. The van der Waals surface area contributed by atoms with E-state index in [2.05, 4.69) is 33.7 Å². The molecule has 1 aromatic carbocycles. The summed E-state index contributed by atoms with van der Waals surface area (Å²) in [5.74, 6) is 0.885. The number of rotatable bonds is 8. The fourth-order valence-corrected chi connectivity index (χ4v) is 3.98. The average Bonchev–Trinajstić information content (AvgIpc) is 3.57. The van der Waals surface area contributed by atoms with E-state index < -0.39 is 0 Å². The summed E-state index contributed by atoms with van der Waals surface area (Å²) in [6.45, 7) is 4.00. The molecule has 4 rings (SSSR count). The predicted molar refractivity (Wildman–Crippen MR) is 131 cm³/mol. The average molecular weight is 448 g/mol. The summed E-state index contributed by atoms with van der Waals surface area (Å²) in [6.07, 6.45) is 8.89. The van der Waals surface area contributed by atoms with Crippen molar-refractivity contribution in [2.24, 2.45) is 0 Å². The Labute approximate surface area is 195 Å². The molecule has 33 heavy (non-hydrogen) atoms. The van der Waals surface area contributed by atoms with E-state index in [0.29, 0.717) is 24.8 Å². The van der Waals surface area contributed by atoms with E-state index >= 15 is 0 Å². The second-order valence-electron chi connectivity index (χ2n) is 9.24. The van der Waals surface area contributed by atoms with Gasteiger partial charge in [-0.15, -0.1) is 0 Å². The van der Waals surface area contributed by atoms with Gasteiger partial charge >= 0.3 is 0 Å². The third kappa shape index (κ3) is 5.99. The molecule has 1 atom stereocenters. The monoisotopic (exact) mass is 447 g/mol. The molecule has 0 bridgehead atoms. The molecule has 1 aliphatic carbocycles. The maximum Gasteiger partial charge on any atom is 0.246 e. The molecular formula is C26H33N5O2. The van der Waals surface area contributed by atoms with E-state index in [1.165, 1.54) is 18.4 Å². The second kappa shape index (κ2) is 10.2. The maximum absolute atomic E-state index is 12.7. The number of carbonyl (C=O) groups excluding carboxylic acids is 2. The van der Waals surface area contributed by atoms with Crippen molar-refractivity contribution in [3.63, 3.8) is 0 Å². The van der Waals surface area contributed by atoms with E-state index in [9.17, 15) is 9.59 Å². The van der Waals surface area contributed by atoms with E-state index in [4.69, 9.17) is 0 Å². The molecule has 1 fully saturated rings. The molecule has 0 spiro atoms. The van der Waals surface area contributed by atoms with E-state index in [1.54, 1.807) is 6.08 Å². The highest BCUT2D eigenvalue weighted by molar-refractivity contribution is 5.95. The van der Waals surface area contributed by atoms with Gasteiger partial charge in [-0.3, -0.25) is 14.7 Å². The van der Waals surface area contributed by atoms with E-state index in [-0.39, 0.29) is 17.7 Å². The number of nitrogens with one attached hydrogen (secondary N) is 2. The van der Waals surface area contributed by atoms with E-state index in [0.717, 1.165) is 29.8 Å². The third-order valence-corrected chi connectivity index (χ3v) is 6.29. The van der Waals surface area contributed by atoms with Crippen LogP contribution in [0.1, 0.15) is 54.8 Å². The fraction of sp³-hybridized carbons (Fsp3) is 0.423. The lowest BCUT2D eigenvalue weighted by molar-refractivity contribution is -0.125. The van der Waals surface area contributed by atoms with Crippen molar-refractivity contribution in [2.75, 3.05) is 39.0 Å². The summed E-state index contributed by atoms with van der Waals surface area (Å²) in [4.78, 5) is 28.9. The summed E-state index contributed by atoms with van der Waals surface area (Å²) in [7, 11) is 3.96. The first kappa shape index (κ1) is 23.0. The molecule has 1 aliphatic heterocycles. The van der Waals surface area contributed by atoms with Crippen LogP contribution in [0.15, 0.2) is 48.6 Å². The first-order valence-electron chi connectivity index (χ1n) is 11.7. The van der Waals surface area contributed by atoms with E-state index in [1.807, 2.05) is 55.1 Å². The van der Waals surface area contributed by atoms with Crippen LogP contribution in [0.5, 0.6) is 0 Å². The molecule has 7 nitrogen and oxygen atoms in total. The number of likely N-dealkylation sites (N-methyl/N-ethyl adjacent to an activating group) is 1. The molecule has 2 heterocycles. The molecule has 7 heteroatoms. The molecular weight excluding hydrogens is 414 g/mol. The minimum Gasteiger partial charge on any atom is -0.335 e. The van der Waals surface area contributed by atoms with Crippen LogP contribution >= 0.6 is 0 Å². The van der Waals surface area contributed by atoms with Crippen LogP contribution in [0.4, 0.5) is 5.82 Å². The quantitative estimate of drug-likeness (QED) is 0.604. The number of hydrogen-bond acceptors (Lipinski definition) is 4. The Hall–Kier alpha value is -3.19. The first-order chi connectivity index (χ1) is 15.9. The van der Waals surface area contributed by atoms with Crippen molar-refractivity contribution >= 4 is 23.2 Å². The van der Waals surface area contributed by atoms with Gasteiger partial charge < -0.3 is 15.1 Å². The number of hydrogen-bond donors (Lipinski definition) is 2. The molecule has 1 aromatic heterocycles. The number of carbonyl (C=O) groups is 2. The third-order valence-electron chi connectivity index (χ3n) is 6.29. The van der Waals surface area contributed by atoms with Gasteiger partial charge in [0.15, 0.2) is 5.82 Å². The molecule has 2 N–H and O–H groups in total. The van der Waals surface area contributed by atoms with Crippen LogP contribution in [-0.2, 0) is 9.59 Å². The Balaban J connectivity index is 1.31. The smallest absolute Gasteiger partial charge is 0.246 e. The number of amides is 2. The highest BCUT2D eigenvalue weighted by Crippen LogP contribution is 2.39. The lowest BCUT2D eigenvalue weighted by Gasteiger charge is -2.26. The SMILES string of the molecule is CC(C(=O)Nc1cc(C2CC2)[nH]n1)c1ccc(C2=CCN(C(=O)/C=C/CN(C)C)CC2)cc1. The Kier molecular flexibility index (Phi) is 7.08. The number of H-pyrrole nitrogens is 1. The molecule has 0 saturated heterocycles. The summed E-state index contributed by atoms with van der Waals surface area (Å²) < 4.78 is 0. The zero-order chi connectivity index (χ0) is 23.4. The van der Waals surface area contributed by atoms with Gasteiger partial charge in [-0.1, -0.05) is 36.4 Å². The number of anilines is 1. The Morgan fingerprint density at radius 1 is 1.27 bits per heavy atom. The van der Waals surface area contributed by atoms with Gasteiger partial charge in [0.05, 0.1) is 5.92 Å². The predicted octanol–water partition coefficient (Wildman–Crippen LogP) is 3.76. The summed E-state index contributed by atoms with van der Waals surface area (Å²) in [5, 5.41) is 10.2.